The molecule has 0 N–H and O–H groups in total. The normalized spacial score (nSPS) is 15.3. The lowest BCUT2D eigenvalue weighted by Crippen LogP contribution is -2.35. The molecular weight excluding hydrogens is 348 g/mol. The lowest BCUT2D eigenvalue weighted by Gasteiger charge is -2.29. The van der Waals surface area contributed by atoms with Crippen molar-refractivity contribution in [1.82, 2.24) is 14.9 Å². The highest BCUT2D eigenvalue weighted by atomic mass is 16.2. The van der Waals surface area contributed by atoms with Gasteiger partial charge in [0.15, 0.2) is 0 Å². The van der Waals surface area contributed by atoms with Crippen LogP contribution in [0.1, 0.15) is 74.7 Å². The van der Waals surface area contributed by atoms with E-state index in [1.807, 2.05) is 29.3 Å². The van der Waals surface area contributed by atoms with Gasteiger partial charge in [0.2, 0.25) is 0 Å². The average molecular weight is 381 g/mol. The van der Waals surface area contributed by atoms with Gasteiger partial charge in [0.05, 0.1) is 5.56 Å². The summed E-state index contributed by atoms with van der Waals surface area (Å²) < 4.78 is 0. The molecule has 2 aromatic rings. The maximum absolute atomic E-state index is 13.0. The fourth-order valence-corrected chi connectivity index (χ4v) is 3.75. The zero-order chi connectivity index (χ0) is 19.9. The van der Waals surface area contributed by atoms with Crippen LogP contribution in [-0.4, -0.2) is 40.4 Å². The Morgan fingerprint density at radius 3 is 2.61 bits per heavy atom. The van der Waals surface area contributed by atoms with E-state index in [0.717, 1.165) is 62.5 Å². The highest BCUT2D eigenvalue weighted by Crippen LogP contribution is 2.33. The van der Waals surface area contributed by atoms with Crippen molar-refractivity contribution < 1.29 is 4.79 Å². The maximum atomic E-state index is 13.0. The van der Waals surface area contributed by atoms with Gasteiger partial charge in [0.1, 0.15) is 11.6 Å². The third-order valence-electron chi connectivity index (χ3n) is 5.56. The lowest BCUT2D eigenvalue weighted by atomic mass is 9.96. The smallest absolute Gasteiger partial charge is 0.255 e. The molecule has 0 aliphatic carbocycles. The number of pyridine rings is 2. The maximum Gasteiger partial charge on any atom is 0.255 e. The molecule has 1 aliphatic rings. The Hall–Kier alpha value is -2.43. The van der Waals surface area contributed by atoms with Crippen LogP contribution in [-0.2, 0) is 0 Å². The molecule has 1 amide bonds. The fourth-order valence-electron chi connectivity index (χ4n) is 3.75. The first kappa shape index (κ1) is 20.3. The van der Waals surface area contributed by atoms with Gasteiger partial charge < -0.3 is 9.80 Å². The molecule has 1 saturated heterocycles. The van der Waals surface area contributed by atoms with Gasteiger partial charge >= 0.3 is 0 Å². The molecule has 1 atom stereocenters. The Labute approximate surface area is 168 Å². The number of nitrogens with zero attached hydrogens (tertiary/aromatic N) is 4. The summed E-state index contributed by atoms with van der Waals surface area (Å²) in [6, 6.07) is 8.02. The van der Waals surface area contributed by atoms with Crippen LogP contribution in [0.25, 0.3) is 0 Å². The second kappa shape index (κ2) is 9.67. The van der Waals surface area contributed by atoms with Crippen LogP contribution in [0.4, 0.5) is 11.6 Å². The minimum Gasteiger partial charge on any atom is -0.339 e. The Balaban J connectivity index is 1.99. The van der Waals surface area contributed by atoms with Crippen molar-refractivity contribution in [3.05, 3.63) is 47.8 Å². The van der Waals surface area contributed by atoms with Crippen LogP contribution in [0.3, 0.4) is 0 Å². The van der Waals surface area contributed by atoms with E-state index in [-0.39, 0.29) is 5.91 Å². The molecule has 0 bridgehead atoms. The molecule has 1 aliphatic heterocycles. The highest BCUT2D eigenvalue weighted by Gasteiger charge is 2.23. The summed E-state index contributed by atoms with van der Waals surface area (Å²) in [5, 5.41) is 0. The fraction of sp³-hybridized carbons (Fsp3) is 0.522. The quantitative estimate of drug-likeness (QED) is 0.665. The number of piperidine rings is 1. The molecule has 0 aromatic carbocycles. The van der Waals surface area contributed by atoms with E-state index in [0.29, 0.717) is 11.5 Å². The monoisotopic (exact) mass is 380 g/mol. The number of amides is 1. The molecule has 0 saturated carbocycles. The molecule has 3 rings (SSSR count). The molecule has 150 valence electrons. The largest absolute Gasteiger partial charge is 0.339 e. The molecule has 0 spiro atoms. The number of likely N-dealkylation sites (tertiary alicyclic amines) is 1. The van der Waals surface area contributed by atoms with Gasteiger partial charge in [-0.15, -0.1) is 0 Å². The zero-order valence-electron chi connectivity index (χ0n) is 17.4. The van der Waals surface area contributed by atoms with Gasteiger partial charge in [-0.1, -0.05) is 26.8 Å². The van der Waals surface area contributed by atoms with E-state index in [2.05, 4.69) is 36.7 Å². The first-order valence-corrected chi connectivity index (χ1v) is 10.6. The second-order valence-corrected chi connectivity index (χ2v) is 7.64. The van der Waals surface area contributed by atoms with Crippen molar-refractivity contribution >= 4 is 17.5 Å². The summed E-state index contributed by atoms with van der Waals surface area (Å²) in [4.78, 5) is 26.5. The van der Waals surface area contributed by atoms with Gasteiger partial charge in [-0.2, -0.15) is 0 Å². The number of aromatic nitrogens is 2. The van der Waals surface area contributed by atoms with E-state index in [4.69, 9.17) is 4.98 Å². The van der Waals surface area contributed by atoms with Gasteiger partial charge in [-0.05, 0) is 61.8 Å². The van der Waals surface area contributed by atoms with Crippen LogP contribution in [0.5, 0.6) is 0 Å². The van der Waals surface area contributed by atoms with Gasteiger partial charge in [0.25, 0.3) is 5.91 Å². The Morgan fingerprint density at radius 2 is 1.96 bits per heavy atom. The topological polar surface area (TPSA) is 49.3 Å². The van der Waals surface area contributed by atoms with Crippen LogP contribution in [0, 0.1) is 0 Å². The third-order valence-corrected chi connectivity index (χ3v) is 5.56. The van der Waals surface area contributed by atoms with E-state index >= 15 is 0 Å². The van der Waals surface area contributed by atoms with Crippen LogP contribution in [0.15, 0.2) is 36.7 Å². The highest BCUT2D eigenvalue weighted by molar-refractivity contribution is 5.94. The van der Waals surface area contributed by atoms with E-state index in [1.54, 1.807) is 6.20 Å². The molecule has 5 nitrogen and oxygen atoms in total. The molecule has 2 aromatic heterocycles. The summed E-state index contributed by atoms with van der Waals surface area (Å²) in [6.45, 7) is 9.10. The van der Waals surface area contributed by atoms with E-state index < -0.39 is 0 Å². The van der Waals surface area contributed by atoms with Gasteiger partial charge in [0, 0.05) is 32.0 Å². The van der Waals surface area contributed by atoms with Gasteiger partial charge in [-0.3, -0.25) is 4.79 Å². The van der Waals surface area contributed by atoms with Crippen LogP contribution in [0.2, 0.25) is 0 Å². The van der Waals surface area contributed by atoms with Crippen molar-refractivity contribution in [2.45, 2.75) is 58.8 Å². The lowest BCUT2D eigenvalue weighted by molar-refractivity contribution is 0.0724. The molecular formula is C23H32N4O. The Morgan fingerprint density at radius 1 is 1.18 bits per heavy atom. The van der Waals surface area contributed by atoms with Crippen molar-refractivity contribution in [2.24, 2.45) is 0 Å². The van der Waals surface area contributed by atoms with Crippen molar-refractivity contribution in [3.8, 4) is 0 Å². The molecule has 3 heterocycles. The molecule has 0 radical (unpaired) electrons. The van der Waals surface area contributed by atoms with E-state index in [1.165, 1.54) is 6.42 Å². The summed E-state index contributed by atoms with van der Waals surface area (Å²) in [5.41, 5.74) is 1.84. The first-order valence-electron chi connectivity index (χ1n) is 10.6. The SMILES string of the molecule is CCCN(c1ccccn1)c1ncc(C(=O)N2CCCCC2)cc1C(C)CC. The summed E-state index contributed by atoms with van der Waals surface area (Å²) in [5.74, 6) is 2.25. The molecule has 1 unspecified atom stereocenters. The van der Waals surface area contributed by atoms with Crippen LogP contribution < -0.4 is 4.90 Å². The number of anilines is 2. The predicted octanol–water partition coefficient (Wildman–Crippen LogP) is 5.16. The van der Waals surface area contributed by atoms with Crippen LogP contribution >= 0.6 is 0 Å². The van der Waals surface area contributed by atoms with Gasteiger partial charge in [-0.25, -0.2) is 9.97 Å². The molecule has 28 heavy (non-hydrogen) atoms. The third kappa shape index (κ3) is 4.51. The first-order chi connectivity index (χ1) is 13.7. The number of rotatable bonds is 7. The summed E-state index contributed by atoms with van der Waals surface area (Å²) in [7, 11) is 0. The summed E-state index contributed by atoms with van der Waals surface area (Å²) >= 11 is 0. The second-order valence-electron chi connectivity index (χ2n) is 7.64. The summed E-state index contributed by atoms with van der Waals surface area (Å²) in [6.07, 6.45) is 8.97. The van der Waals surface area contributed by atoms with Crippen molar-refractivity contribution in [3.63, 3.8) is 0 Å². The predicted molar refractivity (Wildman–Crippen MR) is 114 cm³/mol. The van der Waals surface area contributed by atoms with Crippen molar-refractivity contribution in [1.29, 1.82) is 0 Å². The molecule has 1 fully saturated rings. The zero-order valence-corrected chi connectivity index (χ0v) is 17.4. The van der Waals surface area contributed by atoms with E-state index in [9.17, 15) is 4.79 Å². The number of carbonyl (C=O) groups is 1. The average Bonchev–Trinajstić information content (AvgIpc) is 2.77. The number of hydrogen-bond donors (Lipinski definition) is 0. The van der Waals surface area contributed by atoms with Crippen molar-refractivity contribution in [2.75, 3.05) is 24.5 Å². The number of carbonyl (C=O) groups excluding carboxylic acids is 1. The minimum absolute atomic E-state index is 0.114. The Kier molecular flexibility index (Phi) is 7.01. The standard InChI is InChI=1S/C23H32N4O/c1-4-13-27(21-11-7-8-12-24-21)22-20(18(3)5-2)16-19(17-25-22)23(28)26-14-9-6-10-15-26/h7-8,11-12,16-18H,4-6,9-10,13-15H2,1-3H3. The number of hydrogen-bond acceptors (Lipinski definition) is 4. The Bertz CT molecular complexity index is 771. The molecule has 5 heteroatoms. The minimum atomic E-state index is 0.114.